The molecular formula is C20H23NO3. The largest absolute Gasteiger partial charge is 0.485 e. The van der Waals surface area contributed by atoms with Crippen LogP contribution in [0.15, 0.2) is 24.3 Å². The highest BCUT2D eigenvalue weighted by Crippen LogP contribution is 2.30. The van der Waals surface area contributed by atoms with Crippen molar-refractivity contribution in [1.82, 2.24) is 4.57 Å². The maximum absolute atomic E-state index is 12.6. The number of hydrogen-bond donors (Lipinski definition) is 0. The van der Waals surface area contributed by atoms with E-state index < -0.39 is 0 Å². The van der Waals surface area contributed by atoms with Crippen LogP contribution in [-0.4, -0.2) is 22.7 Å². The minimum absolute atomic E-state index is 0.00105. The first-order valence-corrected chi connectivity index (χ1v) is 8.50. The molecule has 24 heavy (non-hydrogen) atoms. The Bertz CT molecular complexity index is 801. The van der Waals surface area contributed by atoms with E-state index in [1.807, 2.05) is 38.1 Å². The maximum Gasteiger partial charge on any atom is 0.202 e. The van der Waals surface area contributed by atoms with Crippen LogP contribution >= 0.6 is 0 Å². The maximum atomic E-state index is 12.6. The van der Waals surface area contributed by atoms with Crippen LogP contribution in [0.5, 0.6) is 5.75 Å². The van der Waals surface area contributed by atoms with E-state index in [2.05, 4.69) is 11.5 Å². The van der Waals surface area contributed by atoms with E-state index in [-0.39, 0.29) is 18.2 Å². The molecule has 0 N–H and O–H groups in total. The van der Waals surface area contributed by atoms with Gasteiger partial charge in [0.05, 0.1) is 0 Å². The van der Waals surface area contributed by atoms with Crippen LogP contribution in [0.2, 0.25) is 0 Å². The predicted octanol–water partition coefficient (Wildman–Crippen LogP) is 3.91. The zero-order valence-corrected chi connectivity index (χ0v) is 14.5. The van der Waals surface area contributed by atoms with Crippen LogP contribution < -0.4 is 4.74 Å². The molecule has 0 saturated carbocycles. The van der Waals surface area contributed by atoms with Crippen molar-refractivity contribution in [3.63, 3.8) is 0 Å². The van der Waals surface area contributed by atoms with Gasteiger partial charge < -0.3 is 9.30 Å². The number of nitrogens with zero attached hydrogens (tertiary/aromatic N) is 1. The third-order valence-electron chi connectivity index (χ3n) is 4.72. The van der Waals surface area contributed by atoms with E-state index >= 15 is 0 Å². The van der Waals surface area contributed by atoms with Crippen molar-refractivity contribution in [2.24, 2.45) is 0 Å². The molecule has 1 heterocycles. The highest BCUT2D eigenvalue weighted by molar-refractivity contribution is 6.01. The van der Waals surface area contributed by atoms with Crippen LogP contribution in [0.4, 0.5) is 0 Å². The fourth-order valence-corrected chi connectivity index (χ4v) is 3.47. The summed E-state index contributed by atoms with van der Waals surface area (Å²) in [6.45, 7) is 7.05. The first kappa shape index (κ1) is 16.5. The minimum atomic E-state index is -0.0209. The molecule has 1 aromatic carbocycles. The van der Waals surface area contributed by atoms with Crippen LogP contribution in [0.3, 0.4) is 0 Å². The van der Waals surface area contributed by atoms with Crippen LogP contribution in [-0.2, 0) is 13.0 Å². The molecule has 3 rings (SSSR count). The fraction of sp³-hybridized carbons (Fsp3) is 0.400. The third-order valence-corrected chi connectivity index (χ3v) is 4.72. The first-order chi connectivity index (χ1) is 11.5. The number of ketones is 2. The molecule has 0 bridgehead atoms. The second-order valence-electron chi connectivity index (χ2n) is 6.35. The van der Waals surface area contributed by atoms with Gasteiger partial charge in [0.25, 0.3) is 0 Å². The molecule has 4 nitrogen and oxygen atoms in total. The SMILES string of the molecule is CCCn1c(C)cc(C(=O)COc2cccc3c2CCC3=O)c1C. The Balaban J connectivity index is 1.76. The summed E-state index contributed by atoms with van der Waals surface area (Å²) in [6.07, 6.45) is 2.26. The highest BCUT2D eigenvalue weighted by atomic mass is 16.5. The number of ether oxygens (including phenoxy) is 1. The van der Waals surface area contributed by atoms with Gasteiger partial charge in [-0.3, -0.25) is 9.59 Å². The van der Waals surface area contributed by atoms with Gasteiger partial charge in [-0.1, -0.05) is 19.1 Å². The third kappa shape index (κ3) is 2.88. The summed E-state index contributed by atoms with van der Waals surface area (Å²) in [4.78, 5) is 24.4. The van der Waals surface area contributed by atoms with E-state index in [0.717, 1.165) is 41.0 Å². The number of aryl methyl sites for hydroxylation is 1. The van der Waals surface area contributed by atoms with Crippen molar-refractivity contribution in [3.8, 4) is 5.75 Å². The van der Waals surface area contributed by atoms with Gasteiger partial charge in [0.1, 0.15) is 5.75 Å². The molecule has 0 aliphatic heterocycles. The number of hydrogen-bond acceptors (Lipinski definition) is 3. The average Bonchev–Trinajstić information content (AvgIpc) is 3.08. The van der Waals surface area contributed by atoms with Crippen molar-refractivity contribution in [3.05, 3.63) is 52.3 Å². The van der Waals surface area contributed by atoms with Crippen molar-refractivity contribution >= 4 is 11.6 Å². The lowest BCUT2D eigenvalue weighted by molar-refractivity contribution is 0.0919. The van der Waals surface area contributed by atoms with Gasteiger partial charge >= 0.3 is 0 Å². The van der Waals surface area contributed by atoms with Crippen LogP contribution in [0.1, 0.15) is 57.4 Å². The number of aromatic nitrogens is 1. The summed E-state index contributed by atoms with van der Waals surface area (Å²) in [5, 5.41) is 0. The molecule has 0 saturated heterocycles. The van der Waals surface area contributed by atoms with E-state index in [0.29, 0.717) is 18.6 Å². The smallest absolute Gasteiger partial charge is 0.202 e. The number of benzene rings is 1. The predicted molar refractivity (Wildman–Crippen MR) is 93.1 cm³/mol. The summed E-state index contributed by atoms with van der Waals surface area (Å²) < 4.78 is 7.94. The molecule has 1 aromatic heterocycles. The molecule has 0 spiro atoms. The van der Waals surface area contributed by atoms with Gasteiger partial charge in [0.15, 0.2) is 12.4 Å². The topological polar surface area (TPSA) is 48.3 Å². The molecule has 2 aromatic rings. The van der Waals surface area contributed by atoms with Gasteiger partial charge in [0, 0.05) is 41.0 Å². The Morgan fingerprint density at radius 1 is 1.25 bits per heavy atom. The zero-order chi connectivity index (χ0) is 17.3. The molecule has 1 aliphatic carbocycles. The van der Waals surface area contributed by atoms with E-state index in [1.54, 1.807) is 0 Å². The molecule has 0 unspecified atom stereocenters. The van der Waals surface area contributed by atoms with Crippen LogP contribution in [0.25, 0.3) is 0 Å². The number of carbonyl (C=O) groups is 2. The minimum Gasteiger partial charge on any atom is -0.485 e. The van der Waals surface area contributed by atoms with Gasteiger partial charge in [-0.25, -0.2) is 0 Å². The molecule has 0 radical (unpaired) electrons. The summed E-state index contributed by atoms with van der Waals surface area (Å²) in [6, 6.07) is 7.42. The van der Waals surface area contributed by atoms with Crippen molar-refractivity contribution in [2.75, 3.05) is 6.61 Å². The summed E-state index contributed by atoms with van der Waals surface area (Å²) >= 11 is 0. The highest BCUT2D eigenvalue weighted by Gasteiger charge is 2.23. The standard InChI is InChI=1S/C20H23NO3/c1-4-10-21-13(2)11-17(14(21)3)19(23)12-24-20-7-5-6-15-16(20)8-9-18(15)22/h5-7,11H,4,8-10,12H2,1-3H3. The zero-order valence-electron chi connectivity index (χ0n) is 14.5. The lowest BCUT2D eigenvalue weighted by Crippen LogP contribution is -2.13. The Labute approximate surface area is 142 Å². The Hall–Kier alpha value is -2.36. The number of Topliss-reactive ketones (excluding diaryl/α,β-unsaturated/α-hetero) is 2. The van der Waals surface area contributed by atoms with E-state index in [1.165, 1.54) is 0 Å². The fourth-order valence-electron chi connectivity index (χ4n) is 3.47. The average molecular weight is 325 g/mol. The number of fused-ring (bicyclic) bond motifs is 1. The Morgan fingerprint density at radius 2 is 2.04 bits per heavy atom. The molecular weight excluding hydrogens is 302 g/mol. The van der Waals surface area contributed by atoms with E-state index in [9.17, 15) is 9.59 Å². The first-order valence-electron chi connectivity index (χ1n) is 8.50. The monoisotopic (exact) mass is 325 g/mol. The van der Waals surface area contributed by atoms with Gasteiger partial charge in [0.2, 0.25) is 5.78 Å². The molecule has 126 valence electrons. The molecule has 1 aliphatic rings. The lowest BCUT2D eigenvalue weighted by Gasteiger charge is -2.10. The number of carbonyl (C=O) groups excluding carboxylic acids is 2. The molecule has 0 atom stereocenters. The summed E-state index contributed by atoms with van der Waals surface area (Å²) in [5.41, 5.74) is 4.50. The van der Waals surface area contributed by atoms with Gasteiger partial charge in [-0.2, -0.15) is 0 Å². The van der Waals surface area contributed by atoms with Crippen molar-refractivity contribution in [2.45, 2.75) is 46.6 Å². The molecule has 0 fully saturated rings. The second-order valence-corrected chi connectivity index (χ2v) is 6.35. The van der Waals surface area contributed by atoms with Gasteiger partial charge in [-0.15, -0.1) is 0 Å². The summed E-state index contributed by atoms with van der Waals surface area (Å²) in [5.74, 6) is 0.798. The van der Waals surface area contributed by atoms with Crippen molar-refractivity contribution in [1.29, 1.82) is 0 Å². The lowest BCUT2D eigenvalue weighted by atomic mass is 10.1. The normalized spacial score (nSPS) is 13.2. The molecule has 0 amide bonds. The van der Waals surface area contributed by atoms with Crippen LogP contribution in [0, 0.1) is 13.8 Å². The van der Waals surface area contributed by atoms with E-state index in [4.69, 9.17) is 4.74 Å². The Kier molecular flexibility index (Phi) is 4.56. The quantitative estimate of drug-likeness (QED) is 0.757. The summed E-state index contributed by atoms with van der Waals surface area (Å²) in [7, 11) is 0. The van der Waals surface area contributed by atoms with Crippen molar-refractivity contribution < 1.29 is 14.3 Å². The number of rotatable bonds is 6. The molecule has 4 heteroatoms. The van der Waals surface area contributed by atoms with Gasteiger partial charge in [-0.05, 0) is 38.8 Å². The Morgan fingerprint density at radius 3 is 2.79 bits per heavy atom. The second kappa shape index (κ2) is 6.63.